The second kappa shape index (κ2) is 4.60. The Kier molecular flexibility index (Phi) is 3.21. The summed E-state index contributed by atoms with van der Waals surface area (Å²) in [5.74, 6) is 0.700. The van der Waals surface area contributed by atoms with E-state index in [4.69, 9.17) is 11.6 Å². The van der Waals surface area contributed by atoms with Crippen molar-refractivity contribution in [1.29, 1.82) is 0 Å². The lowest BCUT2D eigenvalue weighted by Crippen LogP contribution is -2.45. The molecule has 4 nitrogen and oxygen atoms in total. The standard InChI is InChI=1S/C16H21ClN2O2/c1-15(2)10-6-7-16(3,9-10)14(15)18-12-5-4-11(17)8-13(12)19(20)21/h4-5,8,10,14,18H,6-7,9H2,1-3H3. The van der Waals surface area contributed by atoms with Gasteiger partial charge in [0.15, 0.2) is 0 Å². The maximum absolute atomic E-state index is 11.3. The van der Waals surface area contributed by atoms with Crippen LogP contribution in [0.25, 0.3) is 0 Å². The number of nitro groups is 1. The first-order valence-corrected chi connectivity index (χ1v) is 7.82. The first-order valence-electron chi connectivity index (χ1n) is 7.44. The van der Waals surface area contributed by atoms with Crippen molar-refractivity contribution in [1.82, 2.24) is 0 Å². The fraction of sp³-hybridized carbons (Fsp3) is 0.625. The van der Waals surface area contributed by atoms with Gasteiger partial charge in [0.1, 0.15) is 5.69 Å². The second-order valence-electron chi connectivity index (χ2n) is 7.41. The van der Waals surface area contributed by atoms with E-state index in [1.165, 1.54) is 25.3 Å². The number of rotatable bonds is 3. The van der Waals surface area contributed by atoms with E-state index < -0.39 is 0 Å². The molecule has 3 unspecified atom stereocenters. The summed E-state index contributed by atoms with van der Waals surface area (Å²) in [5, 5.41) is 15.1. The molecule has 0 saturated heterocycles. The average molecular weight is 309 g/mol. The Balaban J connectivity index is 1.96. The van der Waals surface area contributed by atoms with Gasteiger partial charge in [-0.15, -0.1) is 0 Å². The topological polar surface area (TPSA) is 55.2 Å². The highest BCUT2D eigenvalue weighted by Gasteiger charge is 2.59. The summed E-state index contributed by atoms with van der Waals surface area (Å²) < 4.78 is 0. The Hall–Kier alpha value is -1.29. The van der Waals surface area contributed by atoms with E-state index in [1.807, 2.05) is 0 Å². The van der Waals surface area contributed by atoms with Gasteiger partial charge in [-0.3, -0.25) is 10.1 Å². The molecule has 2 saturated carbocycles. The highest BCUT2D eigenvalue weighted by Crippen LogP contribution is 2.63. The third-order valence-corrected chi connectivity index (χ3v) is 5.96. The van der Waals surface area contributed by atoms with E-state index in [9.17, 15) is 10.1 Å². The lowest BCUT2D eigenvalue weighted by Gasteiger charge is -2.43. The number of benzene rings is 1. The van der Waals surface area contributed by atoms with Gasteiger partial charge in [-0.2, -0.15) is 0 Å². The van der Waals surface area contributed by atoms with E-state index in [2.05, 4.69) is 26.1 Å². The number of anilines is 1. The fourth-order valence-electron chi connectivity index (χ4n) is 4.60. The molecule has 114 valence electrons. The summed E-state index contributed by atoms with van der Waals surface area (Å²) in [4.78, 5) is 10.9. The van der Waals surface area contributed by atoms with Crippen molar-refractivity contribution in [2.75, 3.05) is 5.32 Å². The largest absolute Gasteiger partial charge is 0.376 e. The Morgan fingerprint density at radius 1 is 1.38 bits per heavy atom. The van der Waals surface area contributed by atoms with Crippen molar-refractivity contribution in [3.8, 4) is 0 Å². The molecule has 5 heteroatoms. The second-order valence-corrected chi connectivity index (χ2v) is 7.85. The van der Waals surface area contributed by atoms with Crippen LogP contribution in [0.1, 0.15) is 40.0 Å². The number of hydrogen-bond donors (Lipinski definition) is 1. The third-order valence-electron chi connectivity index (χ3n) is 5.73. The third kappa shape index (κ3) is 2.20. The molecule has 0 aliphatic heterocycles. The summed E-state index contributed by atoms with van der Waals surface area (Å²) in [6.07, 6.45) is 3.67. The summed E-state index contributed by atoms with van der Waals surface area (Å²) in [7, 11) is 0. The highest BCUT2D eigenvalue weighted by molar-refractivity contribution is 6.30. The van der Waals surface area contributed by atoms with Crippen molar-refractivity contribution < 1.29 is 4.92 Å². The van der Waals surface area contributed by atoms with E-state index in [-0.39, 0.29) is 27.5 Å². The molecule has 3 atom stereocenters. The SMILES string of the molecule is CC12CCC(C1)C(C)(C)C2Nc1ccc(Cl)cc1[N+](=O)[O-]. The predicted molar refractivity (Wildman–Crippen MR) is 84.7 cm³/mol. The molecule has 0 aromatic heterocycles. The molecule has 1 N–H and O–H groups in total. The monoisotopic (exact) mass is 308 g/mol. The summed E-state index contributed by atoms with van der Waals surface area (Å²) >= 11 is 5.89. The number of nitrogens with zero attached hydrogens (tertiary/aromatic N) is 1. The molecule has 2 bridgehead atoms. The molecular weight excluding hydrogens is 288 g/mol. The Labute approximate surface area is 130 Å². The summed E-state index contributed by atoms with van der Waals surface area (Å²) in [6.45, 7) is 6.87. The fourth-order valence-corrected chi connectivity index (χ4v) is 4.76. The normalized spacial score (nSPS) is 33.1. The smallest absolute Gasteiger partial charge is 0.293 e. The average Bonchev–Trinajstić information content (AvgIpc) is 2.87. The molecule has 0 spiro atoms. The predicted octanol–water partition coefficient (Wildman–Crippen LogP) is 4.87. The van der Waals surface area contributed by atoms with Crippen LogP contribution in [0.5, 0.6) is 0 Å². The zero-order valence-electron chi connectivity index (χ0n) is 12.6. The molecule has 3 rings (SSSR count). The number of nitro benzene ring substituents is 1. The Morgan fingerprint density at radius 2 is 2.10 bits per heavy atom. The van der Waals surface area contributed by atoms with Crippen LogP contribution in [0.15, 0.2) is 18.2 Å². The molecule has 1 aromatic carbocycles. The Bertz CT molecular complexity index is 597. The van der Waals surface area contributed by atoms with E-state index in [0.717, 1.165) is 0 Å². The number of hydrogen-bond acceptors (Lipinski definition) is 3. The molecule has 2 aliphatic rings. The number of fused-ring (bicyclic) bond motifs is 2. The van der Waals surface area contributed by atoms with E-state index in [0.29, 0.717) is 16.6 Å². The maximum Gasteiger partial charge on any atom is 0.293 e. The minimum atomic E-state index is -0.364. The first kappa shape index (κ1) is 14.6. The van der Waals surface area contributed by atoms with E-state index in [1.54, 1.807) is 12.1 Å². The van der Waals surface area contributed by atoms with Crippen molar-refractivity contribution in [3.63, 3.8) is 0 Å². The first-order chi connectivity index (χ1) is 9.74. The van der Waals surface area contributed by atoms with Gasteiger partial charge in [-0.05, 0) is 48.1 Å². The zero-order chi connectivity index (χ0) is 15.4. The summed E-state index contributed by atoms with van der Waals surface area (Å²) in [5.41, 5.74) is 1.02. The molecule has 2 aliphatic carbocycles. The zero-order valence-corrected chi connectivity index (χ0v) is 13.4. The molecule has 0 radical (unpaired) electrons. The lowest BCUT2D eigenvalue weighted by molar-refractivity contribution is -0.384. The molecule has 1 aromatic rings. The van der Waals surface area contributed by atoms with Crippen molar-refractivity contribution >= 4 is 23.0 Å². The molecule has 2 fully saturated rings. The lowest BCUT2D eigenvalue weighted by atomic mass is 9.68. The van der Waals surface area contributed by atoms with Gasteiger partial charge in [0.25, 0.3) is 5.69 Å². The van der Waals surface area contributed by atoms with Crippen LogP contribution >= 0.6 is 11.6 Å². The van der Waals surface area contributed by atoms with Gasteiger partial charge in [0.05, 0.1) is 4.92 Å². The molecule has 0 amide bonds. The maximum atomic E-state index is 11.3. The van der Waals surface area contributed by atoms with Gasteiger partial charge in [0.2, 0.25) is 0 Å². The van der Waals surface area contributed by atoms with Gasteiger partial charge < -0.3 is 5.32 Å². The van der Waals surface area contributed by atoms with Crippen LogP contribution in [0.4, 0.5) is 11.4 Å². The van der Waals surface area contributed by atoms with Crippen LogP contribution < -0.4 is 5.32 Å². The van der Waals surface area contributed by atoms with Crippen LogP contribution in [0.2, 0.25) is 5.02 Å². The molecular formula is C16H21ClN2O2. The number of nitrogens with one attached hydrogen (secondary N) is 1. The van der Waals surface area contributed by atoms with Crippen LogP contribution in [0, 0.1) is 26.9 Å². The van der Waals surface area contributed by atoms with Crippen molar-refractivity contribution in [2.45, 2.75) is 46.1 Å². The van der Waals surface area contributed by atoms with Crippen molar-refractivity contribution in [2.24, 2.45) is 16.7 Å². The van der Waals surface area contributed by atoms with Gasteiger partial charge >= 0.3 is 0 Å². The minimum absolute atomic E-state index is 0.0599. The van der Waals surface area contributed by atoms with Gasteiger partial charge in [-0.25, -0.2) is 0 Å². The molecule has 0 heterocycles. The van der Waals surface area contributed by atoms with Crippen molar-refractivity contribution in [3.05, 3.63) is 33.3 Å². The van der Waals surface area contributed by atoms with Crippen LogP contribution in [-0.4, -0.2) is 11.0 Å². The molecule has 21 heavy (non-hydrogen) atoms. The van der Waals surface area contributed by atoms with E-state index >= 15 is 0 Å². The Morgan fingerprint density at radius 3 is 2.67 bits per heavy atom. The van der Waals surface area contributed by atoms with Crippen LogP contribution in [0.3, 0.4) is 0 Å². The summed E-state index contributed by atoms with van der Waals surface area (Å²) in [6, 6.07) is 5.11. The highest BCUT2D eigenvalue weighted by atomic mass is 35.5. The van der Waals surface area contributed by atoms with Gasteiger partial charge in [-0.1, -0.05) is 32.4 Å². The minimum Gasteiger partial charge on any atom is -0.376 e. The quantitative estimate of drug-likeness (QED) is 0.640. The number of halogens is 1. The van der Waals surface area contributed by atoms with Gasteiger partial charge in [0, 0.05) is 17.1 Å². The van der Waals surface area contributed by atoms with Crippen LogP contribution in [-0.2, 0) is 0 Å².